The maximum Gasteiger partial charge on any atom is 0.260 e. The third-order valence-corrected chi connectivity index (χ3v) is 5.08. The molecule has 1 aliphatic heterocycles. The zero-order valence-electron chi connectivity index (χ0n) is 12.9. The number of rotatable bonds is 3. The van der Waals surface area contributed by atoms with E-state index in [4.69, 9.17) is 5.73 Å². The Morgan fingerprint density at radius 2 is 2.12 bits per heavy atom. The van der Waals surface area contributed by atoms with Gasteiger partial charge >= 0.3 is 0 Å². The monoisotopic (exact) mass is 340 g/mol. The number of amides is 1. The number of benzene rings is 1. The maximum absolute atomic E-state index is 12.3. The van der Waals surface area contributed by atoms with Gasteiger partial charge in [0.2, 0.25) is 0 Å². The molecular formula is C16H16N6OS. The molecule has 2 aromatic heterocycles. The smallest absolute Gasteiger partial charge is 0.260 e. The van der Waals surface area contributed by atoms with Gasteiger partial charge in [0.15, 0.2) is 5.13 Å². The molecule has 0 atom stereocenters. The highest BCUT2D eigenvalue weighted by atomic mass is 32.1. The highest BCUT2D eigenvalue weighted by Crippen LogP contribution is 2.32. The molecule has 1 amide bonds. The van der Waals surface area contributed by atoms with E-state index >= 15 is 0 Å². The molecule has 24 heavy (non-hydrogen) atoms. The number of aromatic nitrogens is 3. The lowest BCUT2D eigenvalue weighted by Crippen LogP contribution is -2.16. The van der Waals surface area contributed by atoms with Gasteiger partial charge in [-0.2, -0.15) is 0 Å². The highest BCUT2D eigenvalue weighted by molar-refractivity contribution is 7.22. The SMILES string of the molecule is Nc1ncncc1C(=O)Nc1ccc2nc(N3CCCC3)sc2c1. The summed E-state index contributed by atoms with van der Waals surface area (Å²) in [6.45, 7) is 2.13. The Hall–Kier alpha value is -2.74. The fourth-order valence-corrected chi connectivity index (χ4v) is 3.80. The summed E-state index contributed by atoms with van der Waals surface area (Å²) >= 11 is 1.65. The lowest BCUT2D eigenvalue weighted by Gasteiger charge is -2.11. The van der Waals surface area contributed by atoms with Gasteiger partial charge < -0.3 is 16.0 Å². The largest absolute Gasteiger partial charge is 0.383 e. The van der Waals surface area contributed by atoms with Crippen LogP contribution < -0.4 is 16.0 Å². The molecule has 0 bridgehead atoms. The van der Waals surface area contributed by atoms with Crippen LogP contribution in [0.2, 0.25) is 0 Å². The second kappa shape index (κ2) is 6.04. The first-order chi connectivity index (χ1) is 11.7. The van der Waals surface area contributed by atoms with Gasteiger partial charge in [0.05, 0.1) is 10.2 Å². The van der Waals surface area contributed by atoms with Crippen LogP contribution in [0.4, 0.5) is 16.6 Å². The van der Waals surface area contributed by atoms with Crippen molar-refractivity contribution in [3.05, 3.63) is 36.3 Å². The van der Waals surface area contributed by atoms with Crippen molar-refractivity contribution in [3.8, 4) is 0 Å². The molecule has 1 saturated heterocycles. The second-order valence-corrected chi connectivity index (χ2v) is 6.66. The number of anilines is 3. The molecule has 0 saturated carbocycles. The minimum atomic E-state index is -0.322. The number of nitrogens with two attached hydrogens (primary N) is 1. The third-order valence-electron chi connectivity index (χ3n) is 4.00. The molecule has 0 unspecified atom stereocenters. The van der Waals surface area contributed by atoms with Crippen LogP contribution in [0.1, 0.15) is 23.2 Å². The van der Waals surface area contributed by atoms with Crippen molar-refractivity contribution >= 4 is 44.1 Å². The Morgan fingerprint density at radius 3 is 2.92 bits per heavy atom. The van der Waals surface area contributed by atoms with Gasteiger partial charge in [0.1, 0.15) is 17.7 Å². The predicted molar refractivity (Wildman–Crippen MR) is 95.5 cm³/mol. The molecule has 0 spiro atoms. The van der Waals surface area contributed by atoms with Crippen molar-refractivity contribution in [2.75, 3.05) is 29.0 Å². The van der Waals surface area contributed by atoms with E-state index in [1.54, 1.807) is 11.3 Å². The van der Waals surface area contributed by atoms with Gasteiger partial charge in [-0.15, -0.1) is 0 Å². The first-order valence-corrected chi connectivity index (χ1v) is 8.55. The summed E-state index contributed by atoms with van der Waals surface area (Å²) in [7, 11) is 0. The van der Waals surface area contributed by atoms with Crippen molar-refractivity contribution in [3.63, 3.8) is 0 Å². The lowest BCUT2D eigenvalue weighted by molar-refractivity contribution is 0.102. The molecule has 3 aromatic rings. The normalized spacial score (nSPS) is 14.2. The maximum atomic E-state index is 12.3. The third kappa shape index (κ3) is 2.76. The summed E-state index contributed by atoms with van der Waals surface area (Å²) in [5, 5.41) is 3.88. The van der Waals surface area contributed by atoms with E-state index in [1.165, 1.54) is 25.4 Å². The van der Waals surface area contributed by atoms with Gasteiger partial charge in [-0.25, -0.2) is 15.0 Å². The molecule has 1 fully saturated rings. The number of fused-ring (bicyclic) bond motifs is 1. The molecule has 0 radical (unpaired) electrons. The molecule has 4 rings (SSSR count). The fraction of sp³-hybridized carbons (Fsp3) is 0.250. The van der Waals surface area contributed by atoms with Gasteiger partial charge in [-0.3, -0.25) is 4.79 Å². The Morgan fingerprint density at radius 1 is 1.29 bits per heavy atom. The van der Waals surface area contributed by atoms with E-state index in [2.05, 4.69) is 25.2 Å². The molecular weight excluding hydrogens is 324 g/mol. The summed E-state index contributed by atoms with van der Waals surface area (Å²) in [6.07, 6.45) is 5.17. The van der Waals surface area contributed by atoms with Crippen LogP contribution >= 0.6 is 11.3 Å². The van der Waals surface area contributed by atoms with E-state index in [0.717, 1.165) is 28.4 Å². The summed E-state index contributed by atoms with van der Waals surface area (Å²) in [5.74, 6) is -0.158. The highest BCUT2D eigenvalue weighted by Gasteiger charge is 2.17. The van der Waals surface area contributed by atoms with Crippen molar-refractivity contribution < 1.29 is 4.79 Å². The molecule has 0 aliphatic carbocycles. The van der Waals surface area contributed by atoms with E-state index in [9.17, 15) is 4.79 Å². The molecule has 8 heteroatoms. The van der Waals surface area contributed by atoms with Gasteiger partial charge in [-0.05, 0) is 31.0 Å². The number of nitrogens with one attached hydrogen (secondary N) is 1. The van der Waals surface area contributed by atoms with Crippen LogP contribution in [0, 0.1) is 0 Å². The Bertz CT molecular complexity index is 902. The van der Waals surface area contributed by atoms with E-state index in [0.29, 0.717) is 5.69 Å². The molecule has 1 aromatic carbocycles. The Balaban J connectivity index is 1.58. The van der Waals surface area contributed by atoms with Gasteiger partial charge in [0.25, 0.3) is 5.91 Å². The number of carbonyl (C=O) groups excluding carboxylic acids is 1. The Labute approximate surface area is 142 Å². The molecule has 1 aliphatic rings. The fourth-order valence-electron chi connectivity index (χ4n) is 2.75. The van der Waals surface area contributed by atoms with Gasteiger partial charge in [0, 0.05) is 25.0 Å². The number of carbonyl (C=O) groups is 1. The molecule has 3 N–H and O–H groups in total. The van der Waals surface area contributed by atoms with Crippen LogP contribution in [0.25, 0.3) is 10.2 Å². The Kier molecular flexibility index (Phi) is 3.73. The number of hydrogen-bond acceptors (Lipinski definition) is 7. The van der Waals surface area contributed by atoms with E-state index in [-0.39, 0.29) is 17.3 Å². The summed E-state index contributed by atoms with van der Waals surface area (Å²) < 4.78 is 1.05. The lowest BCUT2D eigenvalue weighted by atomic mass is 10.2. The van der Waals surface area contributed by atoms with E-state index < -0.39 is 0 Å². The average Bonchev–Trinajstić information content (AvgIpc) is 3.24. The number of nitrogen functional groups attached to an aromatic ring is 1. The molecule has 122 valence electrons. The van der Waals surface area contributed by atoms with Crippen LogP contribution in [0.5, 0.6) is 0 Å². The minimum Gasteiger partial charge on any atom is -0.383 e. The first-order valence-electron chi connectivity index (χ1n) is 7.73. The van der Waals surface area contributed by atoms with Crippen LogP contribution in [0.3, 0.4) is 0 Å². The van der Waals surface area contributed by atoms with Crippen LogP contribution in [-0.4, -0.2) is 33.9 Å². The zero-order chi connectivity index (χ0) is 16.5. The molecule has 7 nitrogen and oxygen atoms in total. The summed E-state index contributed by atoms with van der Waals surface area (Å²) in [5.41, 5.74) is 7.62. The van der Waals surface area contributed by atoms with Gasteiger partial charge in [-0.1, -0.05) is 11.3 Å². The van der Waals surface area contributed by atoms with Crippen molar-refractivity contribution in [1.29, 1.82) is 0 Å². The minimum absolute atomic E-state index is 0.165. The zero-order valence-corrected chi connectivity index (χ0v) is 13.7. The number of thiazole rings is 1. The van der Waals surface area contributed by atoms with Crippen molar-refractivity contribution in [1.82, 2.24) is 15.0 Å². The molecule has 3 heterocycles. The number of nitrogens with zero attached hydrogens (tertiary/aromatic N) is 4. The topological polar surface area (TPSA) is 97.0 Å². The standard InChI is InChI=1S/C16H16N6OS/c17-14-11(8-18-9-19-14)15(23)20-10-3-4-12-13(7-10)24-16(21-12)22-5-1-2-6-22/h3-4,7-9H,1-2,5-6H2,(H,20,23)(H2,17,18,19). The van der Waals surface area contributed by atoms with Crippen molar-refractivity contribution in [2.45, 2.75) is 12.8 Å². The summed E-state index contributed by atoms with van der Waals surface area (Å²) in [4.78, 5) is 27.0. The van der Waals surface area contributed by atoms with Crippen LogP contribution in [-0.2, 0) is 0 Å². The number of hydrogen-bond donors (Lipinski definition) is 2. The van der Waals surface area contributed by atoms with E-state index in [1.807, 2.05) is 18.2 Å². The quantitative estimate of drug-likeness (QED) is 0.760. The average molecular weight is 340 g/mol. The second-order valence-electron chi connectivity index (χ2n) is 5.65. The summed E-state index contributed by atoms with van der Waals surface area (Å²) in [6, 6.07) is 5.70. The van der Waals surface area contributed by atoms with Crippen molar-refractivity contribution in [2.24, 2.45) is 0 Å². The van der Waals surface area contributed by atoms with Crippen LogP contribution in [0.15, 0.2) is 30.7 Å². The predicted octanol–water partition coefficient (Wildman–Crippen LogP) is 2.52. The first kappa shape index (κ1) is 14.8.